The summed E-state index contributed by atoms with van der Waals surface area (Å²) in [5, 5.41) is 0.341. The Balaban J connectivity index is 1.86. The van der Waals surface area contributed by atoms with E-state index < -0.39 is 0 Å². The van der Waals surface area contributed by atoms with Crippen molar-refractivity contribution in [3.8, 4) is 11.1 Å². The van der Waals surface area contributed by atoms with E-state index in [1.54, 1.807) is 23.7 Å². The van der Waals surface area contributed by atoms with Gasteiger partial charge in [-0.1, -0.05) is 11.6 Å². The molecule has 2 atom stereocenters. The number of halogens is 1. The summed E-state index contributed by atoms with van der Waals surface area (Å²) >= 11 is 6.22. The zero-order valence-corrected chi connectivity index (χ0v) is 14.2. The monoisotopic (exact) mass is 346 g/mol. The number of anilines is 2. The average molecular weight is 347 g/mol. The molecule has 0 saturated carbocycles. The first-order chi connectivity index (χ1) is 11.5. The first kappa shape index (κ1) is 15.5. The summed E-state index contributed by atoms with van der Waals surface area (Å²) in [7, 11) is 1.80. The van der Waals surface area contributed by atoms with Gasteiger partial charge in [0, 0.05) is 18.7 Å². The SMILES string of the molecule is Cn1c(N2C3CCC2COC3)cc(-c2cc(N)cnc2Cl)cc1=O. The van der Waals surface area contributed by atoms with Crippen LogP contribution < -0.4 is 16.2 Å². The molecule has 6 nitrogen and oxygen atoms in total. The quantitative estimate of drug-likeness (QED) is 0.842. The Morgan fingerprint density at radius 2 is 1.96 bits per heavy atom. The predicted molar refractivity (Wildman–Crippen MR) is 94.4 cm³/mol. The summed E-state index contributed by atoms with van der Waals surface area (Å²) in [6, 6.07) is 5.97. The smallest absolute Gasteiger partial charge is 0.252 e. The largest absolute Gasteiger partial charge is 0.397 e. The molecule has 126 valence electrons. The van der Waals surface area contributed by atoms with E-state index in [2.05, 4.69) is 9.88 Å². The summed E-state index contributed by atoms with van der Waals surface area (Å²) in [4.78, 5) is 18.9. The van der Waals surface area contributed by atoms with Crippen LogP contribution in [-0.4, -0.2) is 34.8 Å². The maximum Gasteiger partial charge on any atom is 0.252 e. The predicted octanol–water partition coefficient (Wildman–Crippen LogP) is 2.05. The highest BCUT2D eigenvalue weighted by Crippen LogP contribution is 2.36. The van der Waals surface area contributed by atoms with Gasteiger partial charge in [0.25, 0.3) is 5.56 Å². The number of morpholine rings is 1. The van der Waals surface area contributed by atoms with E-state index >= 15 is 0 Å². The summed E-state index contributed by atoms with van der Waals surface area (Å²) in [5.41, 5.74) is 7.69. The van der Waals surface area contributed by atoms with Crippen molar-refractivity contribution in [2.45, 2.75) is 24.9 Å². The molecule has 0 aromatic carbocycles. The molecule has 2 aromatic rings. The van der Waals surface area contributed by atoms with Crippen molar-refractivity contribution in [2.24, 2.45) is 7.05 Å². The van der Waals surface area contributed by atoms with Crippen molar-refractivity contribution >= 4 is 23.1 Å². The number of nitrogens with two attached hydrogens (primary N) is 1. The molecule has 2 fully saturated rings. The molecule has 0 spiro atoms. The third-order valence-corrected chi connectivity index (χ3v) is 5.22. The summed E-state index contributed by atoms with van der Waals surface area (Å²) in [6.45, 7) is 1.41. The number of pyridine rings is 2. The molecule has 2 bridgehead atoms. The first-order valence-corrected chi connectivity index (χ1v) is 8.41. The third-order valence-electron chi connectivity index (χ3n) is 4.91. The summed E-state index contributed by atoms with van der Waals surface area (Å²) < 4.78 is 7.34. The highest BCUT2D eigenvalue weighted by atomic mass is 35.5. The van der Waals surface area contributed by atoms with E-state index in [4.69, 9.17) is 22.1 Å². The normalized spacial score (nSPS) is 22.8. The van der Waals surface area contributed by atoms with Gasteiger partial charge in [-0.05, 0) is 30.5 Å². The van der Waals surface area contributed by atoms with Crippen LogP contribution in [0.1, 0.15) is 12.8 Å². The molecule has 4 rings (SSSR count). The summed E-state index contributed by atoms with van der Waals surface area (Å²) in [5.74, 6) is 0.895. The van der Waals surface area contributed by atoms with Crippen LogP contribution in [0, 0.1) is 0 Å². The van der Waals surface area contributed by atoms with Crippen LogP contribution in [0.4, 0.5) is 11.5 Å². The third kappa shape index (κ3) is 2.46. The number of fused-ring (bicyclic) bond motifs is 2. The number of rotatable bonds is 2. The standard InChI is InChI=1S/C17H19ClN4O2/c1-21-15(22-12-2-3-13(22)9-24-8-12)4-10(5-16(21)23)14-6-11(19)7-20-17(14)18/h4-7,12-13H,2-3,8-9,19H2,1H3. The zero-order valence-electron chi connectivity index (χ0n) is 13.4. The van der Waals surface area contributed by atoms with Crippen LogP contribution in [-0.2, 0) is 11.8 Å². The maximum atomic E-state index is 12.5. The Hall–Kier alpha value is -2.05. The Bertz CT molecular complexity index is 835. The van der Waals surface area contributed by atoms with Gasteiger partial charge in [-0.2, -0.15) is 0 Å². The Kier molecular flexibility index (Phi) is 3.73. The zero-order chi connectivity index (χ0) is 16.8. The van der Waals surface area contributed by atoms with Gasteiger partial charge < -0.3 is 15.4 Å². The van der Waals surface area contributed by atoms with Crippen LogP contribution in [0.25, 0.3) is 11.1 Å². The van der Waals surface area contributed by atoms with Crippen molar-refractivity contribution in [3.05, 3.63) is 39.9 Å². The van der Waals surface area contributed by atoms with Gasteiger partial charge >= 0.3 is 0 Å². The minimum absolute atomic E-state index is 0.0770. The lowest BCUT2D eigenvalue weighted by Gasteiger charge is -2.37. The number of aromatic nitrogens is 2. The van der Waals surface area contributed by atoms with Gasteiger partial charge in [0.1, 0.15) is 11.0 Å². The van der Waals surface area contributed by atoms with Crippen molar-refractivity contribution in [2.75, 3.05) is 23.8 Å². The van der Waals surface area contributed by atoms with Crippen LogP contribution in [0.2, 0.25) is 5.15 Å². The molecular weight excluding hydrogens is 328 g/mol. The van der Waals surface area contributed by atoms with Gasteiger partial charge in [0.15, 0.2) is 0 Å². The Morgan fingerprint density at radius 1 is 1.25 bits per heavy atom. The molecule has 2 aliphatic rings. The molecular formula is C17H19ClN4O2. The number of ether oxygens (including phenoxy) is 1. The van der Waals surface area contributed by atoms with Crippen LogP contribution >= 0.6 is 11.6 Å². The minimum atomic E-state index is -0.0770. The summed E-state index contributed by atoms with van der Waals surface area (Å²) in [6.07, 6.45) is 3.68. The van der Waals surface area contributed by atoms with Crippen LogP contribution in [0.5, 0.6) is 0 Å². The van der Waals surface area contributed by atoms with E-state index in [1.807, 2.05) is 6.07 Å². The molecule has 0 amide bonds. The first-order valence-electron chi connectivity index (χ1n) is 8.03. The van der Waals surface area contributed by atoms with Crippen molar-refractivity contribution in [1.82, 2.24) is 9.55 Å². The van der Waals surface area contributed by atoms with E-state index in [0.717, 1.165) is 24.2 Å². The van der Waals surface area contributed by atoms with E-state index in [0.29, 0.717) is 41.7 Å². The Labute approximate surface area is 144 Å². The van der Waals surface area contributed by atoms with E-state index in [1.165, 1.54) is 6.20 Å². The Morgan fingerprint density at radius 3 is 2.67 bits per heavy atom. The molecule has 4 heterocycles. The van der Waals surface area contributed by atoms with E-state index in [9.17, 15) is 4.79 Å². The second-order valence-corrected chi connectivity index (χ2v) is 6.79. The molecule has 7 heteroatoms. The fourth-order valence-electron chi connectivity index (χ4n) is 3.69. The van der Waals surface area contributed by atoms with Gasteiger partial charge in [0.05, 0.1) is 37.2 Å². The lowest BCUT2D eigenvalue weighted by atomic mass is 10.1. The number of nitrogen functional groups attached to an aromatic ring is 1. The molecule has 24 heavy (non-hydrogen) atoms. The maximum absolute atomic E-state index is 12.5. The molecule has 0 radical (unpaired) electrons. The highest BCUT2D eigenvalue weighted by Gasteiger charge is 2.38. The van der Waals surface area contributed by atoms with Gasteiger partial charge in [-0.3, -0.25) is 9.36 Å². The van der Waals surface area contributed by atoms with Gasteiger partial charge in [0.2, 0.25) is 0 Å². The molecule has 2 saturated heterocycles. The van der Waals surface area contributed by atoms with Crippen LogP contribution in [0.15, 0.2) is 29.2 Å². The molecule has 2 N–H and O–H groups in total. The fourth-order valence-corrected chi connectivity index (χ4v) is 3.91. The highest BCUT2D eigenvalue weighted by molar-refractivity contribution is 6.32. The van der Waals surface area contributed by atoms with Gasteiger partial charge in [-0.25, -0.2) is 4.98 Å². The number of nitrogens with zero attached hydrogens (tertiary/aromatic N) is 3. The topological polar surface area (TPSA) is 73.4 Å². The fraction of sp³-hybridized carbons (Fsp3) is 0.412. The van der Waals surface area contributed by atoms with Crippen molar-refractivity contribution in [3.63, 3.8) is 0 Å². The van der Waals surface area contributed by atoms with Crippen molar-refractivity contribution < 1.29 is 4.74 Å². The lowest BCUT2D eigenvalue weighted by Crippen LogP contribution is -2.47. The second kappa shape index (κ2) is 5.79. The minimum Gasteiger partial charge on any atom is -0.397 e. The number of hydrogen-bond acceptors (Lipinski definition) is 5. The lowest BCUT2D eigenvalue weighted by molar-refractivity contribution is 0.0898. The van der Waals surface area contributed by atoms with E-state index in [-0.39, 0.29) is 5.56 Å². The average Bonchev–Trinajstić information content (AvgIpc) is 2.81. The van der Waals surface area contributed by atoms with Gasteiger partial charge in [-0.15, -0.1) is 0 Å². The number of hydrogen-bond donors (Lipinski definition) is 1. The van der Waals surface area contributed by atoms with Crippen molar-refractivity contribution in [1.29, 1.82) is 0 Å². The van der Waals surface area contributed by atoms with Crippen LogP contribution in [0.3, 0.4) is 0 Å². The second-order valence-electron chi connectivity index (χ2n) is 6.44. The molecule has 2 aliphatic heterocycles. The molecule has 2 unspecified atom stereocenters. The molecule has 0 aliphatic carbocycles. The molecule has 2 aromatic heterocycles.